The van der Waals surface area contributed by atoms with Gasteiger partial charge in [0.05, 0.1) is 23.4 Å². The van der Waals surface area contributed by atoms with Crippen LogP contribution in [0.5, 0.6) is 0 Å². The highest BCUT2D eigenvalue weighted by Crippen LogP contribution is 2.47. The van der Waals surface area contributed by atoms with Gasteiger partial charge in [-0.3, -0.25) is 9.69 Å². The van der Waals surface area contributed by atoms with Gasteiger partial charge in [0, 0.05) is 16.7 Å². The predicted octanol–water partition coefficient (Wildman–Crippen LogP) is 4.36. The monoisotopic (exact) mass is 383 g/mol. The number of hydrogen-bond donors (Lipinski definition) is 2. The number of carbonyl (C=O) groups is 1. The largest absolute Gasteiger partial charge is 0.363 e. The standard InChI is InChI=1S/C24H21N3O2/c1-2-22(16-8-4-3-5-9-16)27-23(28)18-10-6-7-11-19(18)24(27,29)17-12-13-20-21(14-17)26-15-25-20/h3-15,22,29H,2H2,1H3,(H,25,26)/t22-,24?/m1/s1. The van der Waals surface area contributed by atoms with E-state index in [4.69, 9.17) is 0 Å². The van der Waals surface area contributed by atoms with Gasteiger partial charge >= 0.3 is 0 Å². The summed E-state index contributed by atoms with van der Waals surface area (Å²) in [6, 6.07) is 22.5. The van der Waals surface area contributed by atoms with Gasteiger partial charge in [0.1, 0.15) is 0 Å². The minimum absolute atomic E-state index is 0.163. The molecule has 144 valence electrons. The first-order chi connectivity index (χ1) is 14.1. The second kappa shape index (κ2) is 6.57. The molecule has 0 aliphatic carbocycles. The molecule has 2 atom stereocenters. The lowest BCUT2D eigenvalue weighted by Crippen LogP contribution is -2.46. The molecule has 1 aliphatic rings. The average molecular weight is 383 g/mol. The smallest absolute Gasteiger partial charge is 0.257 e. The van der Waals surface area contributed by atoms with Crippen LogP contribution >= 0.6 is 0 Å². The quantitative estimate of drug-likeness (QED) is 0.550. The summed E-state index contributed by atoms with van der Waals surface area (Å²) in [7, 11) is 0. The van der Waals surface area contributed by atoms with Crippen LogP contribution in [0, 0.1) is 0 Å². The third kappa shape index (κ3) is 2.51. The fourth-order valence-corrected chi connectivity index (χ4v) is 4.44. The number of aromatic nitrogens is 2. The Hall–Kier alpha value is -3.44. The summed E-state index contributed by atoms with van der Waals surface area (Å²) in [6.07, 6.45) is 2.31. The Morgan fingerprint density at radius 2 is 1.83 bits per heavy atom. The van der Waals surface area contributed by atoms with Gasteiger partial charge in [-0.1, -0.05) is 61.5 Å². The number of carbonyl (C=O) groups excluding carboxylic acids is 1. The zero-order valence-electron chi connectivity index (χ0n) is 16.0. The van der Waals surface area contributed by atoms with E-state index in [9.17, 15) is 9.90 Å². The topological polar surface area (TPSA) is 69.2 Å². The van der Waals surface area contributed by atoms with Crippen molar-refractivity contribution >= 4 is 16.9 Å². The molecule has 5 nitrogen and oxygen atoms in total. The Balaban J connectivity index is 1.75. The lowest BCUT2D eigenvalue weighted by Gasteiger charge is -2.40. The third-order valence-corrected chi connectivity index (χ3v) is 5.81. The maximum absolute atomic E-state index is 13.5. The first-order valence-electron chi connectivity index (χ1n) is 9.78. The molecular weight excluding hydrogens is 362 g/mol. The molecule has 2 heterocycles. The van der Waals surface area contributed by atoms with Gasteiger partial charge in [-0.2, -0.15) is 0 Å². The number of nitrogens with zero attached hydrogens (tertiary/aromatic N) is 2. The summed E-state index contributed by atoms with van der Waals surface area (Å²) in [4.78, 5) is 22.5. The minimum Gasteiger partial charge on any atom is -0.363 e. The second-order valence-corrected chi connectivity index (χ2v) is 7.36. The molecule has 3 aromatic carbocycles. The van der Waals surface area contributed by atoms with Crippen LogP contribution in [0.25, 0.3) is 11.0 Å². The van der Waals surface area contributed by atoms with E-state index in [0.29, 0.717) is 23.1 Å². The van der Waals surface area contributed by atoms with E-state index in [1.54, 1.807) is 17.3 Å². The van der Waals surface area contributed by atoms with E-state index in [-0.39, 0.29) is 11.9 Å². The van der Waals surface area contributed by atoms with Crippen LogP contribution < -0.4 is 0 Å². The number of amides is 1. The zero-order chi connectivity index (χ0) is 20.0. The number of aliphatic hydroxyl groups is 1. The molecule has 1 amide bonds. The number of aromatic amines is 1. The molecule has 0 fully saturated rings. The molecular formula is C24H21N3O2. The van der Waals surface area contributed by atoms with E-state index in [1.807, 2.05) is 73.7 Å². The van der Waals surface area contributed by atoms with Gasteiger partial charge in [0.15, 0.2) is 5.72 Å². The Labute approximate surface area is 168 Å². The molecule has 1 aliphatic heterocycles. The van der Waals surface area contributed by atoms with Gasteiger partial charge in [-0.15, -0.1) is 0 Å². The molecule has 5 rings (SSSR count). The van der Waals surface area contributed by atoms with Crippen LogP contribution in [-0.4, -0.2) is 25.9 Å². The van der Waals surface area contributed by atoms with Crippen LogP contribution in [0.2, 0.25) is 0 Å². The number of benzene rings is 3. The van der Waals surface area contributed by atoms with Crippen molar-refractivity contribution in [3.8, 4) is 0 Å². The minimum atomic E-state index is -1.57. The van der Waals surface area contributed by atoms with Crippen molar-refractivity contribution in [1.82, 2.24) is 14.9 Å². The molecule has 5 heteroatoms. The number of H-pyrrole nitrogens is 1. The van der Waals surface area contributed by atoms with Gasteiger partial charge in [0.25, 0.3) is 5.91 Å². The van der Waals surface area contributed by atoms with Crippen molar-refractivity contribution in [2.24, 2.45) is 0 Å². The highest BCUT2D eigenvalue weighted by Gasteiger charge is 2.52. The van der Waals surface area contributed by atoms with Crippen LogP contribution in [0.4, 0.5) is 0 Å². The first kappa shape index (κ1) is 17.6. The number of fused-ring (bicyclic) bond motifs is 2. The highest BCUT2D eigenvalue weighted by atomic mass is 16.3. The number of nitrogens with one attached hydrogen (secondary N) is 1. The second-order valence-electron chi connectivity index (χ2n) is 7.36. The van der Waals surface area contributed by atoms with Crippen LogP contribution in [-0.2, 0) is 5.72 Å². The van der Waals surface area contributed by atoms with Gasteiger partial charge in [-0.25, -0.2) is 4.98 Å². The fraction of sp³-hybridized carbons (Fsp3) is 0.167. The lowest BCUT2D eigenvalue weighted by atomic mass is 9.91. The van der Waals surface area contributed by atoms with E-state index in [2.05, 4.69) is 9.97 Å². The summed E-state index contributed by atoms with van der Waals surface area (Å²) in [5, 5.41) is 12.2. The predicted molar refractivity (Wildman–Crippen MR) is 111 cm³/mol. The number of imidazole rings is 1. The van der Waals surface area contributed by atoms with Crippen LogP contribution in [0.15, 0.2) is 79.1 Å². The number of rotatable bonds is 4. The van der Waals surface area contributed by atoms with E-state index in [1.165, 1.54) is 0 Å². The summed E-state index contributed by atoms with van der Waals surface area (Å²) in [5.74, 6) is -0.163. The van der Waals surface area contributed by atoms with Crippen molar-refractivity contribution in [1.29, 1.82) is 0 Å². The van der Waals surface area contributed by atoms with E-state index >= 15 is 0 Å². The van der Waals surface area contributed by atoms with Crippen molar-refractivity contribution in [2.75, 3.05) is 0 Å². The normalized spacial score (nSPS) is 19.5. The molecule has 2 N–H and O–H groups in total. The van der Waals surface area contributed by atoms with Crippen molar-refractivity contribution in [3.05, 3.63) is 101 Å². The lowest BCUT2D eigenvalue weighted by molar-refractivity contribution is -0.0715. The summed E-state index contributed by atoms with van der Waals surface area (Å²) in [5.41, 5.74) is 2.85. The van der Waals surface area contributed by atoms with Crippen LogP contribution in [0.1, 0.15) is 46.4 Å². The first-order valence-corrected chi connectivity index (χ1v) is 9.78. The molecule has 0 saturated carbocycles. The zero-order valence-corrected chi connectivity index (χ0v) is 16.0. The molecule has 0 spiro atoms. The van der Waals surface area contributed by atoms with Crippen molar-refractivity contribution < 1.29 is 9.90 Å². The highest BCUT2D eigenvalue weighted by molar-refractivity contribution is 6.00. The van der Waals surface area contributed by atoms with E-state index < -0.39 is 5.72 Å². The average Bonchev–Trinajstić information content (AvgIpc) is 3.32. The summed E-state index contributed by atoms with van der Waals surface area (Å²) < 4.78 is 0. The Kier molecular flexibility index (Phi) is 4.00. The van der Waals surface area contributed by atoms with Crippen molar-refractivity contribution in [2.45, 2.75) is 25.1 Å². The third-order valence-electron chi connectivity index (χ3n) is 5.81. The Morgan fingerprint density at radius 3 is 2.62 bits per heavy atom. The molecule has 0 radical (unpaired) electrons. The Morgan fingerprint density at radius 1 is 1.07 bits per heavy atom. The molecule has 0 saturated heterocycles. The van der Waals surface area contributed by atoms with Gasteiger partial charge in [0.2, 0.25) is 0 Å². The van der Waals surface area contributed by atoms with Crippen LogP contribution in [0.3, 0.4) is 0 Å². The molecule has 1 unspecified atom stereocenters. The maximum atomic E-state index is 13.5. The van der Waals surface area contributed by atoms with Crippen molar-refractivity contribution in [3.63, 3.8) is 0 Å². The maximum Gasteiger partial charge on any atom is 0.257 e. The summed E-state index contributed by atoms with van der Waals surface area (Å²) >= 11 is 0. The fourth-order valence-electron chi connectivity index (χ4n) is 4.44. The van der Waals surface area contributed by atoms with Gasteiger partial charge in [-0.05, 0) is 30.2 Å². The Bertz CT molecular complexity index is 1200. The van der Waals surface area contributed by atoms with Gasteiger partial charge < -0.3 is 10.1 Å². The molecule has 4 aromatic rings. The molecule has 1 aromatic heterocycles. The molecule has 0 bridgehead atoms. The summed E-state index contributed by atoms with van der Waals surface area (Å²) in [6.45, 7) is 2.03. The number of hydrogen-bond acceptors (Lipinski definition) is 3. The molecule has 29 heavy (non-hydrogen) atoms. The van der Waals surface area contributed by atoms with E-state index in [0.717, 1.165) is 16.6 Å². The SMILES string of the molecule is CC[C@H](c1ccccc1)N1C(=O)c2ccccc2C1(O)c1ccc2nc[nH]c2c1.